The predicted molar refractivity (Wildman–Crippen MR) is 12.2 cm³/mol. The largest absolute Gasteiger partial charge is 3.00 e. The van der Waals surface area contributed by atoms with Crippen molar-refractivity contribution in [3.63, 3.8) is 0 Å². The molecule has 0 fully saturated rings. The second kappa shape index (κ2) is 17.6. The van der Waals surface area contributed by atoms with Gasteiger partial charge in [-0.2, -0.15) is 0 Å². The second-order valence-electron chi connectivity index (χ2n) is 0. The van der Waals surface area contributed by atoms with E-state index in [4.69, 9.17) is 0 Å². The zero-order chi connectivity index (χ0) is 0. The molecule has 4 heavy (non-hydrogen) atoms. The summed E-state index contributed by atoms with van der Waals surface area (Å²) >= 11 is 0. The van der Waals surface area contributed by atoms with Gasteiger partial charge in [-0.05, 0) is 0 Å². The standard InChI is InChI=1S/Al.Ba.Co.O/q+3;2*+2;-2. The summed E-state index contributed by atoms with van der Waals surface area (Å²) in [4.78, 5) is 0. The van der Waals surface area contributed by atoms with Crippen LogP contribution in [0, 0.1) is 0 Å². The molecule has 15 valence electrons. The predicted octanol–water partition coefficient (Wildman–Crippen LogP) is -0.883. The van der Waals surface area contributed by atoms with E-state index in [0.717, 1.165) is 0 Å². The van der Waals surface area contributed by atoms with E-state index in [1.807, 2.05) is 0 Å². The maximum Gasteiger partial charge on any atom is 3.00 e. The second-order valence-corrected chi connectivity index (χ2v) is 0. The summed E-state index contributed by atoms with van der Waals surface area (Å²) in [6, 6.07) is 0. The molecule has 0 bridgehead atoms. The first-order chi connectivity index (χ1) is 0. The van der Waals surface area contributed by atoms with Gasteiger partial charge in [-0.3, -0.25) is 0 Å². The monoisotopic (exact) mass is 240 g/mol. The molecule has 0 saturated carbocycles. The van der Waals surface area contributed by atoms with Gasteiger partial charge in [-0.1, -0.05) is 0 Å². The van der Waals surface area contributed by atoms with Gasteiger partial charge >= 0.3 is 83.0 Å². The van der Waals surface area contributed by atoms with Crippen LogP contribution in [0.15, 0.2) is 0 Å². The molecular formula is AlBaCoO+5. The van der Waals surface area contributed by atoms with Gasteiger partial charge in [0.2, 0.25) is 0 Å². The minimum Gasteiger partial charge on any atom is -2.00 e. The van der Waals surface area contributed by atoms with E-state index in [1.54, 1.807) is 0 Å². The van der Waals surface area contributed by atoms with Crippen LogP contribution in [0.1, 0.15) is 0 Å². The zero-order valence-corrected chi connectivity index (χ0v) is 8.66. The van der Waals surface area contributed by atoms with Crippen LogP contribution < -0.4 is 0 Å². The van der Waals surface area contributed by atoms with Crippen LogP contribution in [0.5, 0.6) is 0 Å². The van der Waals surface area contributed by atoms with Gasteiger partial charge in [-0.15, -0.1) is 0 Å². The van der Waals surface area contributed by atoms with E-state index in [9.17, 15) is 0 Å². The Bertz CT molecular complexity index is 8.00. The van der Waals surface area contributed by atoms with Gasteiger partial charge in [0.25, 0.3) is 0 Å². The fourth-order valence-electron chi connectivity index (χ4n) is 0. The number of hydrogen-bond donors (Lipinski definition) is 0. The maximum absolute atomic E-state index is 0. The van der Waals surface area contributed by atoms with Crippen molar-refractivity contribution >= 4 is 66.2 Å². The molecule has 0 atom stereocenters. The van der Waals surface area contributed by atoms with E-state index in [1.165, 1.54) is 0 Å². The zero-order valence-electron chi connectivity index (χ0n) is 2.03. The molecule has 0 rings (SSSR count). The Hall–Kier alpha value is 2.57. The first-order valence-electron chi connectivity index (χ1n) is 0. The topological polar surface area (TPSA) is 28.5 Å². The molecule has 1 nitrogen and oxygen atoms in total. The van der Waals surface area contributed by atoms with Gasteiger partial charge in [0.1, 0.15) is 0 Å². The van der Waals surface area contributed by atoms with E-state index in [0.29, 0.717) is 0 Å². The van der Waals surface area contributed by atoms with Crippen molar-refractivity contribution in [2.75, 3.05) is 0 Å². The Labute approximate surface area is 86.6 Å². The summed E-state index contributed by atoms with van der Waals surface area (Å²) in [5.74, 6) is 0. The molecule has 4 heteroatoms. The quantitative estimate of drug-likeness (QED) is 0.491. The van der Waals surface area contributed by atoms with Crippen LogP contribution in [-0.4, -0.2) is 66.2 Å². The first-order valence-corrected chi connectivity index (χ1v) is 0. The average Bonchev–Trinajstić information content (AvgIpc) is 0. The van der Waals surface area contributed by atoms with Crippen LogP contribution in [0.25, 0.3) is 0 Å². The maximum atomic E-state index is 0. The van der Waals surface area contributed by atoms with E-state index in [-0.39, 0.29) is 88.5 Å². The smallest absolute Gasteiger partial charge is 2.00 e. The average molecular weight is 239 g/mol. The van der Waals surface area contributed by atoms with Crippen LogP contribution in [0.2, 0.25) is 0 Å². The normalized spacial score (nSPS) is 0. The Morgan fingerprint density at radius 3 is 1.00 bits per heavy atom. The van der Waals surface area contributed by atoms with Gasteiger partial charge in [0.05, 0.1) is 0 Å². The minimum absolute atomic E-state index is 0. The molecule has 0 unspecified atom stereocenters. The van der Waals surface area contributed by atoms with Gasteiger partial charge in [0.15, 0.2) is 0 Å². The van der Waals surface area contributed by atoms with Crippen molar-refractivity contribution in [1.29, 1.82) is 0 Å². The summed E-state index contributed by atoms with van der Waals surface area (Å²) in [7, 11) is 0. The van der Waals surface area contributed by atoms with Crippen LogP contribution in [0.4, 0.5) is 0 Å². The van der Waals surface area contributed by atoms with Crippen molar-refractivity contribution < 1.29 is 22.3 Å². The van der Waals surface area contributed by atoms with Crippen LogP contribution in [0.3, 0.4) is 0 Å². The van der Waals surface area contributed by atoms with Gasteiger partial charge in [-0.25, -0.2) is 0 Å². The molecule has 0 aliphatic rings. The Morgan fingerprint density at radius 2 is 1.00 bits per heavy atom. The molecule has 0 aromatic heterocycles. The van der Waals surface area contributed by atoms with Crippen molar-refractivity contribution in [3.8, 4) is 0 Å². The molecule has 0 aromatic rings. The fourth-order valence-corrected chi connectivity index (χ4v) is 0. The van der Waals surface area contributed by atoms with Crippen molar-refractivity contribution in [3.05, 3.63) is 0 Å². The summed E-state index contributed by atoms with van der Waals surface area (Å²) in [5.41, 5.74) is 0. The van der Waals surface area contributed by atoms with Gasteiger partial charge in [0, 0.05) is 0 Å². The molecule has 0 aliphatic heterocycles. The first kappa shape index (κ1) is 30.9. The molecule has 1 radical (unpaired) electrons. The van der Waals surface area contributed by atoms with Gasteiger partial charge < -0.3 is 5.48 Å². The SMILES string of the molecule is [Al+3].[Ba+2].[Co+2].[O-2]. The Kier molecular flexibility index (Phi) is 136. The fraction of sp³-hybridized carbons (Fsp3) is 0. The summed E-state index contributed by atoms with van der Waals surface area (Å²) in [5, 5.41) is 0. The molecule has 0 aromatic carbocycles. The Balaban J connectivity index is 0. The van der Waals surface area contributed by atoms with E-state index >= 15 is 0 Å². The summed E-state index contributed by atoms with van der Waals surface area (Å²) in [6.07, 6.45) is 0. The number of hydrogen-bond acceptors (Lipinski definition) is 0. The third-order valence-corrected chi connectivity index (χ3v) is 0. The van der Waals surface area contributed by atoms with Crippen LogP contribution in [-0.2, 0) is 22.3 Å². The van der Waals surface area contributed by atoms with Crippen molar-refractivity contribution in [2.24, 2.45) is 0 Å². The minimum atomic E-state index is 0. The molecule has 0 spiro atoms. The van der Waals surface area contributed by atoms with E-state index < -0.39 is 0 Å². The molecule has 0 heterocycles. The molecule has 0 amide bonds. The third kappa shape index (κ3) is 8.82. The molecule has 0 saturated heterocycles. The molecule has 0 N–H and O–H groups in total. The van der Waals surface area contributed by atoms with Crippen molar-refractivity contribution in [1.82, 2.24) is 0 Å². The number of rotatable bonds is 0. The van der Waals surface area contributed by atoms with Crippen molar-refractivity contribution in [2.45, 2.75) is 0 Å². The molecular weight excluding hydrogens is 239 g/mol. The van der Waals surface area contributed by atoms with Crippen LogP contribution >= 0.6 is 0 Å². The Morgan fingerprint density at radius 1 is 1.00 bits per heavy atom. The molecule has 0 aliphatic carbocycles. The summed E-state index contributed by atoms with van der Waals surface area (Å²) < 4.78 is 0. The third-order valence-electron chi connectivity index (χ3n) is 0. The van der Waals surface area contributed by atoms with E-state index in [2.05, 4.69) is 0 Å². The summed E-state index contributed by atoms with van der Waals surface area (Å²) in [6.45, 7) is 0.